The summed E-state index contributed by atoms with van der Waals surface area (Å²) in [5.74, 6) is 0.260. The van der Waals surface area contributed by atoms with Crippen LogP contribution in [0, 0.1) is 28.5 Å². The molecule has 3 saturated carbocycles. The number of halogens is 1. The zero-order valence-electron chi connectivity index (χ0n) is 13.1. The maximum absolute atomic E-state index is 14.6. The second-order valence-electron chi connectivity index (χ2n) is 7.49. The van der Waals surface area contributed by atoms with Gasteiger partial charge in [0.2, 0.25) is 5.91 Å². The van der Waals surface area contributed by atoms with Gasteiger partial charge in [0, 0.05) is 23.1 Å². The van der Waals surface area contributed by atoms with Crippen molar-refractivity contribution in [2.24, 2.45) is 11.3 Å². The third-order valence-corrected chi connectivity index (χ3v) is 5.90. The van der Waals surface area contributed by atoms with Gasteiger partial charge in [-0.05, 0) is 61.1 Å². The Morgan fingerprint density at radius 3 is 2.71 bits per heavy atom. The van der Waals surface area contributed by atoms with Crippen molar-refractivity contribution in [1.82, 2.24) is 4.98 Å². The molecule has 1 spiro atoms. The Morgan fingerprint density at radius 2 is 2.08 bits per heavy atom. The van der Waals surface area contributed by atoms with Crippen LogP contribution in [0.3, 0.4) is 0 Å². The minimum absolute atomic E-state index is 0.00296. The summed E-state index contributed by atoms with van der Waals surface area (Å²) in [6, 6.07) is 7.37. The number of amides is 1. The summed E-state index contributed by atoms with van der Waals surface area (Å²) in [4.78, 5) is 16.1. The molecule has 0 unspecified atom stereocenters. The van der Waals surface area contributed by atoms with Crippen molar-refractivity contribution in [3.63, 3.8) is 0 Å². The Hall–Kier alpha value is -2.48. The van der Waals surface area contributed by atoms with Crippen molar-refractivity contribution in [1.29, 1.82) is 5.26 Å². The third kappa shape index (κ3) is 1.83. The number of nitrogens with zero attached hydrogens (tertiary/aromatic N) is 2. The highest BCUT2D eigenvalue weighted by Gasteiger charge is 2.76. The molecule has 0 saturated heterocycles. The van der Waals surface area contributed by atoms with Gasteiger partial charge in [-0.3, -0.25) is 4.79 Å². The number of carbonyl (C=O) groups is 1. The number of nitriles is 1. The van der Waals surface area contributed by atoms with E-state index >= 15 is 0 Å². The van der Waals surface area contributed by atoms with E-state index in [4.69, 9.17) is 0 Å². The molecular formula is C19H16FN3O. The van der Waals surface area contributed by atoms with Gasteiger partial charge in [0.05, 0.1) is 11.5 Å². The lowest BCUT2D eigenvalue weighted by Gasteiger charge is -2.12. The quantitative estimate of drug-likeness (QED) is 0.938. The fraction of sp³-hybridized carbons (Fsp3) is 0.421. The lowest BCUT2D eigenvalue weighted by molar-refractivity contribution is -0.117. The van der Waals surface area contributed by atoms with E-state index in [0.29, 0.717) is 16.8 Å². The summed E-state index contributed by atoms with van der Waals surface area (Å²) in [7, 11) is 0. The van der Waals surface area contributed by atoms with Crippen LogP contribution in [0.4, 0.5) is 10.2 Å². The molecular weight excluding hydrogens is 305 g/mol. The Balaban J connectivity index is 1.56. The van der Waals surface area contributed by atoms with Gasteiger partial charge in [-0.25, -0.2) is 9.37 Å². The van der Waals surface area contributed by atoms with Crippen LogP contribution in [0.1, 0.15) is 37.7 Å². The van der Waals surface area contributed by atoms with Gasteiger partial charge >= 0.3 is 0 Å². The topological polar surface area (TPSA) is 65.8 Å². The number of anilines is 1. The van der Waals surface area contributed by atoms with Gasteiger partial charge in [0.1, 0.15) is 11.6 Å². The highest BCUT2D eigenvalue weighted by Crippen LogP contribution is 2.78. The Bertz CT molecular complexity index is 940. The normalized spacial score (nSPS) is 26.2. The lowest BCUT2D eigenvalue weighted by atomic mass is 9.91. The molecule has 1 N–H and O–H groups in total. The lowest BCUT2D eigenvalue weighted by Crippen LogP contribution is -2.14. The maximum Gasteiger partial charge on any atom is 0.228 e. The van der Waals surface area contributed by atoms with Crippen molar-refractivity contribution < 1.29 is 9.18 Å². The molecule has 0 radical (unpaired) electrons. The fourth-order valence-corrected chi connectivity index (χ4v) is 3.95. The van der Waals surface area contributed by atoms with Crippen LogP contribution in [-0.4, -0.2) is 10.9 Å². The first kappa shape index (κ1) is 13.9. The second-order valence-corrected chi connectivity index (χ2v) is 7.49. The molecule has 24 heavy (non-hydrogen) atoms. The molecule has 1 amide bonds. The monoisotopic (exact) mass is 321 g/mol. The van der Waals surface area contributed by atoms with Crippen LogP contribution in [0.15, 0.2) is 24.4 Å². The third-order valence-electron chi connectivity index (χ3n) is 5.90. The first-order valence-corrected chi connectivity index (χ1v) is 8.39. The van der Waals surface area contributed by atoms with Crippen molar-refractivity contribution in [2.75, 3.05) is 5.32 Å². The van der Waals surface area contributed by atoms with E-state index in [1.165, 1.54) is 6.07 Å². The first-order chi connectivity index (χ1) is 11.6. The molecule has 5 heteroatoms. The summed E-state index contributed by atoms with van der Waals surface area (Å²) in [5, 5.41) is 13.9. The van der Waals surface area contributed by atoms with Gasteiger partial charge in [-0.2, -0.15) is 5.26 Å². The molecule has 1 heterocycles. The zero-order valence-corrected chi connectivity index (χ0v) is 13.1. The second kappa shape index (κ2) is 4.32. The van der Waals surface area contributed by atoms with Gasteiger partial charge in [-0.1, -0.05) is 0 Å². The number of pyridine rings is 1. The summed E-state index contributed by atoms with van der Waals surface area (Å²) in [6.07, 6.45) is 6.22. The molecule has 4 nitrogen and oxygen atoms in total. The average Bonchev–Trinajstić information content (AvgIpc) is 3.45. The van der Waals surface area contributed by atoms with Crippen LogP contribution < -0.4 is 5.32 Å². The van der Waals surface area contributed by atoms with E-state index in [9.17, 15) is 14.4 Å². The smallest absolute Gasteiger partial charge is 0.228 e. The molecule has 120 valence electrons. The number of hydrogen-bond acceptors (Lipinski definition) is 3. The molecule has 3 aliphatic rings. The number of benzene rings is 1. The van der Waals surface area contributed by atoms with Gasteiger partial charge in [-0.15, -0.1) is 0 Å². The average molecular weight is 321 g/mol. The number of rotatable bonds is 3. The first-order valence-electron chi connectivity index (χ1n) is 8.39. The summed E-state index contributed by atoms with van der Waals surface area (Å²) < 4.78 is 14.6. The van der Waals surface area contributed by atoms with Gasteiger partial charge in [0.25, 0.3) is 0 Å². The Labute approximate surface area is 138 Å². The van der Waals surface area contributed by atoms with Crippen molar-refractivity contribution in [2.45, 2.75) is 37.5 Å². The Kier molecular flexibility index (Phi) is 2.51. The number of aromatic nitrogens is 1. The van der Waals surface area contributed by atoms with Crippen molar-refractivity contribution in [3.05, 3.63) is 35.8 Å². The highest BCUT2D eigenvalue weighted by atomic mass is 19.1. The molecule has 2 aromatic rings. The molecule has 0 bridgehead atoms. The number of fused-ring (bicyclic) bond motifs is 1. The number of hydrogen-bond donors (Lipinski definition) is 1. The molecule has 3 aliphatic carbocycles. The predicted molar refractivity (Wildman–Crippen MR) is 86.6 cm³/mol. The molecule has 3 fully saturated rings. The summed E-state index contributed by atoms with van der Waals surface area (Å²) in [5.41, 5.74) is -0.140. The van der Waals surface area contributed by atoms with Crippen LogP contribution in [0.5, 0.6) is 0 Å². The van der Waals surface area contributed by atoms with E-state index in [1.807, 2.05) is 0 Å². The summed E-state index contributed by atoms with van der Waals surface area (Å²) >= 11 is 0. The van der Waals surface area contributed by atoms with Crippen molar-refractivity contribution >= 4 is 22.5 Å². The van der Waals surface area contributed by atoms with Gasteiger partial charge in [0.15, 0.2) is 0 Å². The van der Waals surface area contributed by atoms with Crippen molar-refractivity contribution in [3.8, 4) is 6.07 Å². The molecule has 1 aromatic heterocycles. The summed E-state index contributed by atoms with van der Waals surface area (Å²) in [6.45, 7) is 0. The van der Waals surface area contributed by atoms with Gasteiger partial charge < -0.3 is 5.32 Å². The van der Waals surface area contributed by atoms with E-state index in [-0.39, 0.29) is 23.1 Å². The van der Waals surface area contributed by atoms with Crippen LogP contribution in [0.2, 0.25) is 0 Å². The molecule has 1 aromatic carbocycles. The molecule has 5 rings (SSSR count). The predicted octanol–water partition coefficient (Wildman–Crippen LogP) is 3.67. The minimum atomic E-state index is -0.661. The molecule has 1 atom stereocenters. The van der Waals surface area contributed by atoms with Crippen LogP contribution in [0.25, 0.3) is 10.8 Å². The zero-order chi connectivity index (χ0) is 16.5. The Morgan fingerprint density at radius 1 is 1.29 bits per heavy atom. The molecule has 0 aliphatic heterocycles. The number of nitrogens with one attached hydrogen (secondary N) is 1. The standard InChI is InChI=1S/C19H16FN3O/c20-15-6-13-8-22-16(23-17(24)11-1-2-11)7-12(13)5-14(15)19(10-21)9-18(19)3-4-18/h5-8,11H,1-4,9H2,(H,22,23,24)/t19-/m1/s1. The fourth-order valence-electron chi connectivity index (χ4n) is 3.95. The SMILES string of the molecule is N#C[C@@]1(c2cc3cc(NC(=O)C4CC4)ncc3cc2F)CC12CC2. The van der Waals surface area contributed by atoms with Crippen LogP contribution in [-0.2, 0) is 10.2 Å². The number of carbonyl (C=O) groups excluding carboxylic acids is 1. The van der Waals surface area contributed by atoms with E-state index < -0.39 is 5.41 Å². The minimum Gasteiger partial charge on any atom is -0.310 e. The highest BCUT2D eigenvalue weighted by molar-refractivity contribution is 5.95. The maximum atomic E-state index is 14.6. The van der Waals surface area contributed by atoms with E-state index in [0.717, 1.165) is 37.5 Å². The van der Waals surface area contributed by atoms with E-state index in [2.05, 4.69) is 16.4 Å². The largest absolute Gasteiger partial charge is 0.310 e. The van der Waals surface area contributed by atoms with Crippen LogP contribution >= 0.6 is 0 Å². The van der Waals surface area contributed by atoms with E-state index in [1.54, 1.807) is 18.3 Å².